The Morgan fingerprint density at radius 2 is 1.58 bits per heavy atom. The number of sulfonamides is 1. The maximum atomic E-state index is 13.1. The van der Waals surface area contributed by atoms with Crippen LogP contribution in [0.15, 0.2) is 59.5 Å². The lowest BCUT2D eigenvalue weighted by Gasteiger charge is -2.32. The number of carboxylic acids is 1. The standard InChI is InChI=1S/C24H31NO7S/c1-23(2,3)32-22(28)24(4,25-33(29,30)20-9-6-5-7-10-20)17-18-12-14-19(15-13-18)31-16-8-11-21(26)27/h5-7,9-10,12-15,25H,8,11,16-17H2,1-4H3,(H,26,27)/t24-/m0/s1. The highest BCUT2D eigenvalue weighted by Crippen LogP contribution is 2.24. The van der Waals surface area contributed by atoms with E-state index in [1.807, 2.05) is 0 Å². The number of carbonyl (C=O) groups is 2. The molecule has 0 aliphatic carbocycles. The fourth-order valence-electron chi connectivity index (χ4n) is 3.02. The summed E-state index contributed by atoms with van der Waals surface area (Å²) >= 11 is 0. The molecule has 2 aromatic rings. The second kappa shape index (κ2) is 10.8. The summed E-state index contributed by atoms with van der Waals surface area (Å²) in [5, 5.41) is 8.68. The van der Waals surface area contributed by atoms with Gasteiger partial charge in [0.2, 0.25) is 10.0 Å². The molecule has 0 amide bonds. The second-order valence-corrected chi connectivity index (χ2v) is 10.6. The van der Waals surface area contributed by atoms with E-state index in [4.69, 9.17) is 14.6 Å². The third-order valence-corrected chi connectivity index (χ3v) is 6.16. The quantitative estimate of drug-likeness (QED) is 0.375. The van der Waals surface area contributed by atoms with Crippen LogP contribution < -0.4 is 9.46 Å². The molecular weight excluding hydrogens is 446 g/mol. The van der Waals surface area contributed by atoms with Gasteiger partial charge in [0.25, 0.3) is 0 Å². The first-order chi connectivity index (χ1) is 15.3. The van der Waals surface area contributed by atoms with Gasteiger partial charge in [-0.1, -0.05) is 30.3 Å². The van der Waals surface area contributed by atoms with Crippen molar-refractivity contribution in [1.29, 1.82) is 0 Å². The molecule has 8 nitrogen and oxygen atoms in total. The van der Waals surface area contributed by atoms with Crippen molar-refractivity contribution in [3.05, 3.63) is 60.2 Å². The van der Waals surface area contributed by atoms with Crippen LogP contribution in [0.1, 0.15) is 46.1 Å². The number of carboxylic acid groups (broad SMARTS) is 1. The first kappa shape index (κ1) is 26.3. The second-order valence-electron chi connectivity index (χ2n) is 8.92. The highest BCUT2D eigenvalue weighted by Gasteiger charge is 2.41. The Morgan fingerprint density at radius 3 is 2.12 bits per heavy atom. The third-order valence-electron chi connectivity index (χ3n) is 4.55. The molecule has 0 aliphatic heterocycles. The minimum absolute atomic E-state index is 0.0217. The SMILES string of the molecule is CC(C)(C)OC(=O)[C@](C)(Cc1ccc(OCCCC(=O)O)cc1)NS(=O)(=O)c1ccccc1. The molecule has 0 saturated carbocycles. The minimum Gasteiger partial charge on any atom is -0.494 e. The Hall–Kier alpha value is -2.91. The summed E-state index contributed by atoms with van der Waals surface area (Å²) in [7, 11) is -3.99. The lowest BCUT2D eigenvalue weighted by Crippen LogP contribution is -2.55. The zero-order valence-corrected chi connectivity index (χ0v) is 20.1. The molecule has 1 atom stereocenters. The molecule has 9 heteroatoms. The maximum Gasteiger partial charge on any atom is 0.327 e. The van der Waals surface area contributed by atoms with E-state index in [2.05, 4.69) is 4.72 Å². The van der Waals surface area contributed by atoms with Crippen molar-refractivity contribution in [2.24, 2.45) is 0 Å². The van der Waals surface area contributed by atoms with Gasteiger partial charge in [0, 0.05) is 12.8 Å². The molecule has 0 aromatic heterocycles. The van der Waals surface area contributed by atoms with Gasteiger partial charge in [-0.05, 0) is 63.9 Å². The van der Waals surface area contributed by atoms with E-state index in [1.54, 1.807) is 63.2 Å². The van der Waals surface area contributed by atoms with Crippen LogP contribution in [0.4, 0.5) is 0 Å². The smallest absolute Gasteiger partial charge is 0.327 e. The van der Waals surface area contributed by atoms with Crippen molar-refractivity contribution in [2.45, 2.75) is 63.0 Å². The van der Waals surface area contributed by atoms with Crippen LogP contribution in [-0.2, 0) is 30.8 Å². The van der Waals surface area contributed by atoms with Gasteiger partial charge in [-0.15, -0.1) is 0 Å². The van der Waals surface area contributed by atoms with E-state index in [9.17, 15) is 18.0 Å². The highest BCUT2D eigenvalue weighted by molar-refractivity contribution is 7.89. The molecule has 0 aliphatic rings. The topological polar surface area (TPSA) is 119 Å². The zero-order chi connectivity index (χ0) is 24.7. The van der Waals surface area contributed by atoms with Gasteiger partial charge >= 0.3 is 11.9 Å². The summed E-state index contributed by atoms with van der Waals surface area (Å²) < 4.78 is 39.5. The molecule has 0 bridgehead atoms. The van der Waals surface area contributed by atoms with Crippen molar-refractivity contribution >= 4 is 22.0 Å². The number of hydrogen-bond acceptors (Lipinski definition) is 6. The highest BCUT2D eigenvalue weighted by atomic mass is 32.2. The third kappa shape index (κ3) is 8.51. The molecule has 0 radical (unpaired) electrons. The van der Waals surface area contributed by atoms with Crippen LogP contribution in [0.2, 0.25) is 0 Å². The van der Waals surface area contributed by atoms with Crippen molar-refractivity contribution in [1.82, 2.24) is 4.72 Å². The molecule has 2 aromatic carbocycles. The van der Waals surface area contributed by atoms with Crippen molar-refractivity contribution in [2.75, 3.05) is 6.61 Å². The Kier molecular flexibility index (Phi) is 8.63. The van der Waals surface area contributed by atoms with Crippen LogP contribution in [0, 0.1) is 0 Å². The summed E-state index contributed by atoms with van der Waals surface area (Å²) in [6.45, 7) is 6.91. The van der Waals surface area contributed by atoms with Crippen molar-refractivity contribution < 1.29 is 32.6 Å². The average Bonchev–Trinajstić information content (AvgIpc) is 2.71. The molecule has 2 rings (SSSR count). The number of rotatable bonds is 11. The van der Waals surface area contributed by atoms with Crippen LogP contribution in [0.3, 0.4) is 0 Å². The van der Waals surface area contributed by atoms with Crippen LogP contribution in [0.25, 0.3) is 0 Å². The van der Waals surface area contributed by atoms with Gasteiger partial charge in [-0.25, -0.2) is 13.2 Å². The maximum absolute atomic E-state index is 13.1. The summed E-state index contributed by atoms with van der Waals surface area (Å²) in [5.41, 5.74) is -1.67. The average molecular weight is 478 g/mol. The van der Waals surface area contributed by atoms with E-state index in [1.165, 1.54) is 19.1 Å². The lowest BCUT2D eigenvalue weighted by atomic mass is 9.93. The van der Waals surface area contributed by atoms with Crippen LogP contribution in [0.5, 0.6) is 5.75 Å². The van der Waals surface area contributed by atoms with E-state index < -0.39 is 33.1 Å². The van der Waals surface area contributed by atoms with Crippen LogP contribution in [-0.4, -0.2) is 43.2 Å². The van der Waals surface area contributed by atoms with Gasteiger partial charge in [-0.2, -0.15) is 4.72 Å². The molecule has 33 heavy (non-hydrogen) atoms. The van der Waals surface area contributed by atoms with Gasteiger partial charge in [0.05, 0.1) is 11.5 Å². The molecular formula is C24H31NO7S. The van der Waals surface area contributed by atoms with E-state index >= 15 is 0 Å². The number of hydrogen-bond donors (Lipinski definition) is 2. The lowest BCUT2D eigenvalue weighted by molar-refractivity contribution is -0.161. The first-order valence-electron chi connectivity index (χ1n) is 10.6. The fourth-order valence-corrected chi connectivity index (χ4v) is 4.40. The summed E-state index contributed by atoms with van der Waals surface area (Å²) in [4.78, 5) is 23.7. The molecule has 0 fully saturated rings. The summed E-state index contributed by atoms with van der Waals surface area (Å²) in [6.07, 6.45) is 0.455. The monoisotopic (exact) mass is 477 g/mol. The van der Waals surface area contributed by atoms with E-state index in [-0.39, 0.29) is 24.3 Å². The summed E-state index contributed by atoms with van der Waals surface area (Å²) in [6, 6.07) is 14.7. The number of nitrogens with one attached hydrogen (secondary N) is 1. The Balaban J connectivity index is 2.22. The first-order valence-corrected chi connectivity index (χ1v) is 12.1. The van der Waals surface area contributed by atoms with Gasteiger partial charge in [0.15, 0.2) is 0 Å². The minimum atomic E-state index is -3.99. The largest absolute Gasteiger partial charge is 0.494 e. The number of aliphatic carboxylic acids is 1. The van der Waals surface area contributed by atoms with Crippen LogP contribution >= 0.6 is 0 Å². The Morgan fingerprint density at radius 1 is 0.970 bits per heavy atom. The predicted octanol–water partition coefficient (Wildman–Crippen LogP) is 3.55. The van der Waals surface area contributed by atoms with Crippen molar-refractivity contribution in [3.63, 3.8) is 0 Å². The molecule has 0 unspecified atom stereocenters. The number of ether oxygens (including phenoxy) is 2. The number of benzene rings is 2. The number of esters is 1. The number of carbonyl (C=O) groups excluding carboxylic acids is 1. The Labute approximate surface area is 195 Å². The normalized spacial score (nSPS) is 13.7. The molecule has 0 saturated heterocycles. The van der Waals surface area contributed by atoms with Gasteiger partial charge < -0.3 is 14.6 Å². The predicted molar refractivity (Wildman–Crippen MR) is 124 cm³/mol. The van der Waals surface area contributed by atoms with Crippen molar-refractivity contribution in [3.8, 4) is 5.75 Å². The molecule has 2 N–H and O–H groups in total. The van der Waals surface area contributed by atoms with Gasteiger partial charge in [-0.3, -0.25) is 4.79 Å². The fraction of sp³-hybridized carbons (Fsp3) is 0.417. The van der Waals surface area contributed by atoms with E-state index in [0.29, 0.717) is 17.7 Å². The zero-order valence-electron chi connectivity index (χ0n) is 19.3. The molecule has 0 spiro atoms. The summed E-state index contributed by atoms with van der Waals surface area (Å²) in [5.74, 6) is -1.02. The molecule has 0 heterocycles. The van der Waals surface area contributed by atoms with Gasteiger partial charge in [0.1, 0.15) is 16.9 Å². The molecule has 180 valence electrons. The Bertz CT molecular complexity index is 1040. The van der Waals surface area contributed by atoms with E-state index in [0.717, 1.165) is 0 Å².